The van der Waals surface area contributed by atoms with Crippen LogP contribution in [0.25, 0.3) is 0 Å². The molecule has 0 amide bonds. The average Bonchev–Trinajstić information content (AvgIpc) is 2.23. The number of hydrogen-bond acceptors (Lipinski definition) is 2. The minimum atomic E-state index is -3.33. The number of alkyl halides is 1. The second-order valence-corrected chi connectivity index (χ2v) is 6.49. The third-order valence-corrected chi connectivity index (χ3v) is 4.56. The van der Waals surface area contributed by atoms with Gasteiger partial charge in [0.1, 0.15) is 0 Å². The zero-order valence-electron chi connectivity index (χ0n) is 10.3. The fourth-order valence-electron chi connectivity index (χ4n) is 1.59. The fourth-order valence-corrected chi connectivity index (χ4v) is 3.41. The van der Waals surface area contributed by atoms with Gasteiger partial charge >= 0.3 is 0 Å². The summed E-state index contributed by atoms with van der Waals surface area (Å²) in [5.41, 5.74) is 2.52. The van der Waals surface area contributed by atoms with Crippen molar-refractivity contribution in [1.82, 2.24) is 0 Å². The van der Waals surface area contributed by atoms with Gasteiger partial charge in [0.2, 0.25) is 10.0 Å². The normalized spacial score (nSPS) is 13.4. The summed E-state index contributed by atoms with van der Waals surface area (Å²) in [5, 5.41) is 0. The van der Waals surface area contributed by atoms with Crippen molar-refractivity contribution in [3.63, 3.8) is 0 Å². The zero-order valence-corrected chi connectivity index (χ0v) is 11.9. The van der Waals surface area contributed by atoms with Gasteiger partial charge in [0, 0.05) is 5.88 Å². The Kier molecular flexibility index (Phi) is 4.83. The van der Waals surface area contributed by atoms with Crippen LogP contribution in [0, 0.1) is 19.8 Å². The first-order valence-corrected chi connectivity index (χ1v) is 7.67. The van der Waals surface area contributed by atoms with E-state index in [0.717, 1.165) is 11.1 Å². The van der Waals surface area contributed by atoms with E-state index >= 15 is 0 Å². The van der Waals surface area contributed by atoms with Gasteiger partial charge in [-0.25, -0.2) is 8.42 Å². The van der Waals surface area contributed by atoms with Crippen molar-refractivity contribution in [2.24, 2.45) is 5.92 Å². The molecule has 96 valence electrons. The van der Waals surface area contributed by atoms with Crippen molar-refractivity contribution in [2.45, 2.75) is 20.8 Å². The number of nitrogens with one attached hydrogen (secondary N) is 1. The monoisotopic (exact) mass is 275 g/mol. The van der Waals surface area contributed by atoms with Gasteiger partial charge < -0.3 is 0 Å². The van der Waals surface area contributed by atoms with Crippen LogP contribution in [0.3, 0.4) is 0 Å². The molecule has 1 atom stereocenters. The van der Waals surface area contributed by atoms with Gasteiger partial charge in [-0.1, -0.05) is 25.1 Å². The lowest BCUT2D eigenvalue weighted by atomic mass is 10.1. The molecule has 1 aromatic carbocycles. The molecule has 0 spiro atoms. The maximum absolute atomic E-state index is 11.9. The van der Waals surface area contributed by atoms with E-state index in [1.165, 1.54) is 0 Å². The Hall–Kier alpha value is -0.740. The molecule has 1 aromatic rings. The fraction of sp³-hybridized carbons (Fsp3) is 0.500. The number of benzene rings is 1. The minimum Gasteiger partial charge on any atom is -0.283 e. The van der Waals surface area contributed by atoms with Crippen molar-refractivity contribution >= 4 is 27.3 Å². The second-order valence-electron chi connectivity index (χ2n) is 4.41. The van der Waals surface area contributed by atoms with Crippen molar-refractivity contribution in [2.75, 3.05) is 16.4 Å². The third kappa shape index (κ3) is 4.21. The second kappa shape index (κ2) is 5.74. The van der Waals surface area contributed by atoms with Crippen LogP contribution < -0.4 is 4.72 Å². The molecule has 3 nitrogen and oxygen atoms in total. The molecular weight excluding hydrogens is 258 g/mol. The number of rotatable bonds is 5. The molecule has 0 radical (unpaired) electrons. The van der Waals surface area contributed by atoms with Crippen molar-refractivity contribution < 1.29 is 8.42 Å². The lowest BCUT2D eigenvalue weighted by molar-refractivity contribution is 0.588. The van der Waals surface area contributed by atoms with Crippen LogP contribution in [0.1, 0.15) is 18.1 Å². The molecule has 0 fully saturated rings. The van der Waals surface area contributed by atoms with E-state index in [9.17, 15) is 8.42 Å². The van der Waals surface area contributed by atoms with Crippen LogP contribution in [0.4, 0.5) is 5.69 Å². The van der Waals surface area contributed by atoms with Crippen molar-refractivity contribution in [1.29, 1.82) is 0 Å². The van der Waals surface area contributed by atoms with Gasteiger partial charge in [0.05, 0.1) is 11.4 Å². The number of hydrogen-bond donors (Lipinski definition) is 1. The summed E-state index contributed by atoms with van der Waals surface area (Å²) >= 11 is 5.63. The van der Waals surface area contributed by atoms with Gasteiger partial charge in [0.15, 0.2) is 0 Å². The van der Waals surface area contributed by atoms with Crippen LogP contribution in [-0.4, -0.2) is 20.1 Å². The topological polar surface area (TPSA) is 46.2 Å². The lowest BCUT2D eigenvalue weighted by Crippen LogP contribution is -2.23. The summed E-state index contributed by atoms with van der Waals surface area (Å²) in [6.07, 6.45) is 0. The van der Waals surface area contributed by atoms with Gasteiger partial charge in [0.25, 0.3) is 0 Å². The summed E-state index contributed by atoms with van der Waals surface area (Å²) in [5.74, 6) is 0.330. The molecule has 0 aliphatic heterocycles. The molecule has 0 aromatic heterocycles. The van der Waals surface area contributed by atoms with E-state index in [2.05, 4.69) is 4.72 Å². The molecule has 1 N–H and O–H groups in total. The predicted octanol–water partition coefficient (Wildman–Crippen LogP) is 2.92. The Morgan fingerprint density at radius 2 is 1.82 bits per heavy atom. The highest BCUT2D eigenvalue weighted by Crippen LogP contribution is 2.21. The molecule has 17 heavy (non-hydrogen) atoms. The van der Waals surface area contributed by atoms with E-state index in [1.807, 2.05) is 39.0 Å². The molecule has 0 bridgehead atoms. The Morgan fingerprint density at radius 3 is 2.29 bits per heavy atom. The highest BCUT2D eigenvalue weighted by Gasteiger charge is 2.16. The standard InChI is InChI=1S/C12H18ClNO2S/c1-9(7-13)8-17(15,16)14-12-10(2)5-4-6-11(12)3/h4-6,9,14H,7-8H2,1-3H3. The first-order valence-electron chi connectivity index (χ1n) is 5.48. The Morgan fingerprint density at radius 1 is 1.29 bits per heavy atom. The molecule has 5 heteroatoms. The summed E-state index contributed by atoms with van der Waals surface area (Å²) in [7, 11) is -3.33. The Bertz CT molecular complexity index is 465. The average molecular weight is 276 g/mol. The maximum Gasteiger partial charge on any atom is 0.233 e. The van der Waals surface area contributed by atoms with Crippen LogP contribution in [0.5, 0.6) is 0 Å². The number of anilines is 1. The molecule has 0 aliphatic carbocycles. The molecule has 1 rings (SSSR count). The summed E-state index contributed by atoms with van der Waals surface area (Å²) < 4.78 is 26.4. The first-order chi connectivity index (χ1) is 7.85. The predicted molar refractivity (Wildman–Crippen MR) is 73.2 cm³/mol. The van der Waals surface area contributed by atoms with E-state index in [0.29, 0.717) is 11.6 Å². The SMILES string of the molecule is Cc1cccc(C)c1NS(=O)(=O)CC(C)CCl. The molecule has 0 saturated carbocycles. The number of para-hydroxylation sites is 1. The van der Waals surface area contributed by atoms with Crippen molar-refractivity contribution in [3.05, 3.63) is 29.3 Å². The molecule has 1 unspecified atom stereocenters. The van der Waals surface area contributed by atoms with Gasteiger partial charge in [-0.05, 0) is 30.9 Å². The van der Waals surface area contributed by atoms with E-state index in [4.69, 9.17) is 11.6 Å². The quantitative estimate of drug-likeness (QED) is 0.840. The lowest BCUT2D eigenvalue weighted by Gasteiger charge is -2.14. The summed E-state index contributed by atoms with van der Waals surface area (Å²) in [4.78, 5) is 0. The largest absolute Gasteiger partial charge is 0.283 e. The molecule has 0 saturated heterocycles. The van der Waals surface area contributed by atoms with Crippen LogP contribution >= 0.6 is 11.6 Å². The van der Waals surface area contributed by atoms with E-state index < -0.39 is 10.0 Å². The maximum atomic E-state index is 11.9. The minimum absolute atomic E-state index is 0.0459. The van der Waals surface area contributed by atoms with Crippen LogP contribution in [0.15, 0.2) is 18.2 Å². The molecule has 0 heterocycles. The Labute approximate surface area is 108 Å². The van der Waals surface area contributed by atoms with Gasteiger partial charge in [-0.2, -0.15) is 0 Å². The van der Waals surface area contributed by atoms with Gasteiger partial charge in [-0.3, -0.25) is 4.72 Å². The molecular formula is C12H18ClNO2S. The summed E-state index contributed by atoms with van der Waals surface area (Å²) in [6.45, 7) is 5.59. The smallest absolute Gasteiger partial charge is 0.233 e. The highest BCUT2D eigenvalue weighted by atomic mass is 35.5. The van der Waals surface area contributed by atoms with Crippen LogP contribution in [0.2, 0.25) is 0 Å². The third-order valence-electron chi connectivity index (χ3n) is 2.51. The van der Waals surface area contributed by atoms with Crippen LogP contribution in [-0.2, 0) is 10.0 Å². The molecule has 0 aliphatic rings. The van der Waals surface area contributed by atoms with E-state index in [1.54, 1.807) is 0 Å². The summed E-state index contributed by atoms with van der Waals surface area (Å²) in [6, 6.07) is 5.68. The highest BCUT2D eigenvalue weighted by molar-refractivity contribution is 7.92. The van der Waals surface area contributed by atoms with Crippen molar-refractivity contribution in [3.8, 4) is 0 Å². The number of aryl methyl sites for hydroxylation is 2. The zero-order chi connectivity index (χ0) is 13.1. The first kappa shape index (κ1) is 14.3. The number of sulfonamides is 1. The van der Waals surface area contributed by atoms with E-state index in [-0.39, 0.29) is 11.7 Å². The Balaban J connectivity index is 2.91. The van der Waals surface area contributed by atoms with Gasteiger partial charge in [-0.15, -0.1) is 11.6 Å². The number of halogens is 1.